The van der Waals surface area contributed by atoms with Crippen molar-refractivity contribution in [3.05, 3.63) is 222 Å². The molecule has 0 saturated heterocycles. The van der Waals surface area contributed by atoms with E-state index in [4.69, 9.17) is 75.8 Å². The molecule has 35 nitrogen and oxygen atoms in total. The van der Waals surface area contributed by atoms with Crippen LogP contribution in [0.5, 0.6) is 92.0 Å². The molecule has 14 aromatic rings. The van der Waals surface area contributed by atoms with Crippen LogP contribution in [0, 0.1) is 25.7 Å². The van der Waals surface area contributed by atoms with E-state index in [1.165, 1.54) is 179 Å². The Kier molecular flexibility index (Phi) is 32.3. The molecule has 136 heavy (non-hydrogen) atoms. The van der Waals surface area contributed by atoms with E-state index in [1.54, 1.807) is 103 Å². The van der Waals surface area contributed by atoms with Gasteiger partial charge in [0.1, 0.15) is 62.3 Å². The third-order valence-electron chi connectivity index (χ3n) is 20.7. The summed E-state index contributed by atoms with van der Waals surface area (Å²) in [6, 6.07) is 39.4. The zero-order valence-corrected chi connectivity index (χ0v) is 81.1. The largest absolute Gasteiger partial charge is 0.497 e. The predicted octanol–water partition coefficient (Wildman–Crippen LogP) is 15.4. The summed E-state index contributed by atoms with van der Waals surface area (Å²) in [5.74, 6) is 6.13. The van der Waals surface area contributed by atoms with E-state index >= 15 is 0 Å². The number of nitrogens with one attached hydrogen (secondary N) is 2. The Morgan fingerprint density at radius 3 is 1.21 bits per heavy atom. The quantitative estimate of drug-likeness (QED) is 0.0312. The summed E-state index contributed by atoms with van der Waals surface area (Å²) in [7, 11) is 14.8. The molecule has 1 amide bonds. The van der Waals surface area contributed by atoms with E-state index in [9.17, 15) is 58.8 Å². The van der Waals surface area contributed by atoms with Crippen LogP contribution in [0.1, 0.15) is 99.0 Å². The number of carbonyl (C=O) groups is 6. The summed E-state index contributed by atoms with van der Waals surface area (Å²) in [6.07, 6.45) is -4.77. The Balaban J connectivity index is 0.000000175. The molecule has 4 aromatic heterocycles. The van der Waals surface area contributed by atoms with Gasteiger partial charge >= 0.3 is 12.1 Å². The fourth-order valence-corrected chi connectivity index (χ4v) is 17.8. The number of ether oxygens (including phenoxy) is 16. The normalized spacial score (nSPS) is 11.1. The van der Waals surface area contributed by atoms with E-state index in [0.717, 1.165) is 19.3 Å². The number of halogens is 5. The standard InChI is InChI=1S/2C25H23BrN2O7S.C23H20F3N3O6.C21H22N2O6/c1-14-6-8-16(9-7-14)36(30,31)28-23-17(10-11-18(32-2)21(23)26)22(27-28)24(29)15-12-19(33-3)25(35-5)20(13-15)34-4;1-14-6-8-16(9-7-14)36(30,31)28-23(17-10-11-18(32-2)21(26)22(17)27-28)24(29)15-12-19(33-3)25(35-5)20(13-15)34-4;1-32-15-8-7-14-18(13(15)6-5-9-27-22(31)23(24,25)26)28-29-19(14)20(30)12-10-16(33-2)21(35-4)17(11-12)34-3;1-6-18(24)23-15-11-13(26-2)7-8-14(15)19(22-23)20(25)12-9-16(27-3)21(29-5)17(10-12)28-4/h2*6-13H,1-5H3;7-8,10-11H,9H2,1-4H3,(H,27,31)(H,28,29);7-11H,6H2,1-5H3. The van der Waals surface area contributed by atoms with Gasteiger partial charge in [0.25, 0.3) is 20.0 Å². The zero-order valence-electron chi connectivity index (χ0n) is 76.3. The Morgan fingerprint density at radius 1 is 0.412 bits per heavy atom. The van der Waals surface area contributed by atoms with Gasteiger partial charge in [-0.15, -0.1) is 4.09 Å². The third-order valence-corrected chi connectivity index (χ3v) is 25.4. The lowest BCUT2D eigenvalue weighted by atomic mass is 10.0. The number of benzene rings is 10. The lowest BCUT2D eigenvalue weighted by Gasteiger charge is -2.14. The van der Waals surface area contributed by atoms with Crippen LogP contribution in [-0.4, -0.2) is 217 Å². The number of nitrogens with zero attached hydrogens (tertiary/aromatic N) is 7. The third kappa shape index (κ3) is 20.4. The van der Waals surface area contributed by atoms with Crippen molar-refractivity contribution < 1.29 is 135 Å². The van der Waals surface area contributed by atoms with Gasteiger partial charge in [-0.05, 0) is 167 Å². The van der Waals surface area contributed by atoms with Crippen molar-refractivity contribution in [3.8, 4) is 104 Å². The predicted molar refractivity (Wildman–Crippen MR) is 499 cm³/mol. The molecule has 0 saturated carbocycles. The molecule has 0 unspecified atom stereocenters. The number of amides is 1. The average molecular weight is 2040 g/mol. The Morgan fingerprint density at radius 2 is 0.794 bits per heavy atom. The van der Waals surface area contributed by atoms with Gasteiger partial charge in [0.15, 0.2) is 46.0 Å². The first kappa shape index (κ1) is 101. The van der Waals surface area contributed by atoms with Crippen molar-refractivity contribution >= 4 is 130 Å². The second-order valence-electron chi connectivity index (χ2n) is 28.5. The molecule has 0 spiro atoms. The molecule has 0 bridgehead atoms. The van der Waals surface area contributed by atoms with E-state index < -0.39 is 56.0 Å². The van der Waals surface area contributed by atoms with Crippen LogP contribution >= 0.6 is 31.9 Å². The van der Waals surface area contributed by atoms with Crippen LogP contribution in [0.15, 0.2) is 170 Å². The van der Waals surface area contributed by atoms with Gasteiger partial charge in [0, 0.05) is 56.3 Å². The van der Waals surface area contributed by atoms with Crippen LogP contribution in [0.25, 0.3) is 43.6 Å². The summed E-state index contributed by atoms with van der Waals surface area (Å²) < 4.78 is 181. The maximum absolute atomic E-state index is 14.0. The second kappa shape index (κ2) is 43.3. The summed E-state index contributed by atoms with van der Waals surface area (Å²) in [5.41, 5.74) is 4.09. The van der Waals surface area contributed by atoms with Crippen molar-refractivity contribution in [1.82, 2.24) is 43.7 Å². The first-order valence-corrected chi connectivity index (χ1v) is 44.5. The molecule has 712 valence electrons. The van der Waals surface area contributed by atoms with Gasteiger partial charge in [0.05, 0.1) is 150 Å². The number of alkyl halides is 3. The molecular weight excluding hydrogens is 1950 g/mol. The topological polar surface area (TPSA) is 413 Å². The fourth-order valence-electron chi connectivity index (χ4n) is 13.9. The van der Waals surface area contributed by atoms with Crippen molar-refractivity contribution in [2.45, 2.75) is 43.2 Å². The fraction of sp³-hybridized carbons (Fsp3) is 0.234. The lowest BCUT2D eigenvalue weighted by Crippen LogP contribution is -2.36. The minimum Gasteiger partial charge on any atom is -0.497 e. The molecule has 0 atom stereocenters. The Labute approximate surface area is 793 Å². The highest BCUT2D eigenvalue weighted by Gasteiger charge is 2.39. The van der Waals surface area contributed by atoms with Gasteiger partial charge in [-0.1, -0.05) is 54.2 Å². The smallest absolute Gasteiger partial charge is 0.471 e. The molecule has 14 rings (SSSR count). The average Bonchev–Trinajstić information content (AvgIpc) is 1.65. The number of hydrogen-bond donors (Lipinski definition) is 2. The maximum Gasteiger partial charge on any atom is 0.471 e. The number of rotatable bonds is 30. The van der Waals surface area contributed by atoms with E-state index in [0.29, 0.717) is 93.3 Å². The molecule has 10 aromatic carbocycles. The summed E-state index contributed by atoms with van der Waals surface area (Å²) >= 11 is 6.86. The Hall–Kier alpha value is -15.1. The number of aryl methyl sites for hydroxylation is 2. The number of H-pyrrole nitrogens is 1. The number of fused-ring (bicyclic) bond motifs is 4. The summed E-state index contributed by atoms with van der Waals surface area (Å²) in [4.78, 5) is 77.6. The molecule has 0 aliphatic carbocycles. The van der Waals surface area contributed by atoms with E-state index in [1.807, 2.05) is 13.8 Å². The van der Waals surface area contributed by atoms with Crippen LogP contribution in [0.2, 0.25) is 0 Å². The number of methoxy groups -OCH3 is 16. The van der Waals surface area contributed by atoms with Crippen LogP contribution in [-0.2, 0) is 24.8 Å². The van der Waals surface area contributed by atoms with Gasteiger partial charge in [-0.3, -0.25) is 33.9 Å². The van der Waals surface area contributed by atoms with Crippen LogP contribution in [0.3, 0.4) is 0 Å². The number of hydrogen-bond acceptors (Lipinski definition) is 30. The summed E-state index contributed by atoms with van der Waals surface area (Å²) in [5, 5.41) is 23.1. The monoisotopic (exact) mass is 2040 g/mol. The van der Waals surface area contributed by atoms with Crippen LogP contribution < -0.4 is 81.1 Å². The van der Waals surface area contributed by atoms with Gasteiger partial charge < -0.3 is 81.1 Å². The van der Waals surface area contributed by atoms with E-state index in [2.05, 4.69) is 69.2 Å². The lowest BCUT2D eigenvalue weighted by molar-refractivity contribution is -0.173. The molecule has 4 heterocycles. The number of carbonyl (C=O) groups excluding carboxylic acids is 6. The Bertz CT molecular complexity index is 7190. The van der Waals surface area contributed by atoms with Gasteiger partial charge in [0.2, 0.25) is 52.0 Å². The first-order chi connectivity index (χ1) is 65.0. The van der Waals surface area contributed by atoms with Crippen molar-refractivity contribution in [2.75, 3.05) is 120 Å². The molecule has 0 fully saturated rings. The molecule has 0 aliphatic rings. The summed E-state index contributed by atoms with van der Waals surface area (Å²) in [6.45, 7) is 4.88. The minimum atomic E-state index is -5.01. The zero-order chi connectivity index (χ0) is 99.3. The maximum atomic E-state index is 14.0. The highest BCUT2D eigenvalue weighted by molar-refractivity contribution is 9.11. The molecule has 0 aliphatic heterocycles. The number of ketones is 4. The first-order valence-electron chi connectivity index (χ1n) is 40.0. The molecule has 42 heteroatoms. The van der Waals surface area contributed by atoms with Gasteiger partial charge in [-0.2, -0.15) is 59.2 Å². The molecule has 2 N–H and O–H groups in total. The van der Waals surface area contributed by atoms with Gasteiger partial charge in [-0.25, -0.2) is 0 Å². The van der Waals surface area contributed by atoms with Crippen molar-refractivity contribution in [2.24, 2.45) is 0 Å². The number of aromatic amines is 1. The molecule has 0 radical (unpaired) electrons. The van der Waals surface area contributed by atoms with E-state index in [-0.39, 0.29) is 130 Å². The number of aromatic nitrogens is 8. The van der Waals surface area contributed by atoms with Crippen LogP contribution in [0.4, 0.5) is 13.2 Å². The second-order valence-corrected chi connectivity index (χ2v) is 33.6. The highest BCUT2D eigenvalue weighted by Crippen LogP contribution is 2.46. The highest BCUT2D eigenvalue weighted by atomic mass is 79.9. The molecular formula is C94H88Br2F3N9O26S2. The SMILES string of the molecule is CCC(=O)n1nc(C(=O)c2cc(OC)c(OC)c(OC)c2)c2ccc(OC)cc21.COc1cc(C(=O)c2[nH]nc3c(C#CCNC(=O)C(F)(F)F)c(OC)ccc23)cc(OC)c1OC.COc1cc(C(=O)c2c3ccc(OC)c(Br)c3nn2S(=O)(=O)c2ccc(C)cc2)cc(OC)c1OC.COc1cc(C(=O)c2nn(S(=O)(=O)c3ccc(C)cc3)c3c(Br)c(OC)ccc23)cc(OC)c1OC. The van der Waals surface area contributed by atoms with Crippen molar-refractivity contribution in [3.63, 3.8) is 0 Å². The van der Waals surface area contributed by atoms with Crippen molar-refractivity contribution in [1.29, 1.82) is 0 Å². The minimum absolute atomic E-state index is 0.0112.